The molecule has 7 heteroatoms. The number of benzene rings is 1. The van der Waals surface area contributed by atoms with Crippen LogP contribution in [0.25, 0.3) is 0 Å². The SMILES string of the molecule is Cc1ccc(F)cc1Nc1nc(C(N)C(=O)O)cs1. The third-order valence-corrected chi connectivity index (χ3v) is 3.32. The summed E-state index contributed by atoms with van der Waals surface area (Å²) in [7, 11) is 0. The van der Waals surface area contributed by atoms with Crippen LogP contribution in [0.5, 0.6) is 0 Å². The average Bonchev–Trinajstić information content (AvgIpc) is 2.81. The number of rotatable bonds is 4. The standard InChI is InChI=1S/C12H12FN3O2S/c1-6-2-3-7(13)4-8(6)15-12-16-9(5-19-12)10(14)11(17)18/h2-5,10H,14H2,1H3,(H,15,16)(H,17,18). The second-order valence-corrected chi connectivity index (χ2v) is 4.84. The summed E-state index contributed by atoms with van der Waals surface area (Å²) in [4.78, 5) is 14.8. The quantitative estimate of drug-likeness (QED) is 0.801. The van der Waals surface area contributed by atoms with Gasteiger partial charge in [-0.05, 0) is 24.6 Å². The molecule has 0 spiro atoms. The van der Waals surface area contributed by atoms with E-state index in [1.165, 1.54) is 23.5 Å². The molecule has 0 aliphatic carbocycles. The van der Waals surface area contributed by atoms with Crippen molar-refractivity contribution in [2.75, 3.05) is 5.32 Å². The van der Waals surface area contributed by atoms with Gasteiger partial charge in [-0.25, -0.2) is 9.37 Å². The fourth-order valence-electron chi connectivity index (χ4n) is 1.46. The van der Waals surface area contributed by atoms with Crippen molar-refractivity contribution < 1.29 is 14.3 Å². The zero-order valence-corrected chi connectivity index (χ0v) is 10.9. The zero-order valence-electron chi connectivity index (χ0n) is 10.1. The summed E-state index contributed by atoms with van der Waals surface area (Å²) in [6.07, 6.45) is 0. The Labute approximate surface area is 112 Å². The van der Waals surface area contributed by atoms with Crippen molar-refractivity contribution in [2.45, 2.75) is 13.0 Å². The first-order valence-electron chi connectivity index (χ1n) is 5.44. The lowest BCUT2D eigenvalue weighted by molar-refractivity contribution is -0.138. The summed E-state index contributed by atoms with van der Waals surface area (Å²) >= 11 is 1.22. The number of nitrogens with zero attached hydrogens (tertiary/aromatic N) is 1. The van der Waals surface area contributed by atoms with Gasteiger partial charge in [0.05, 0.1) is 5.69 Å². The Hall–Kier alpha value is -1.99. The van der Waals surface area contributed by atoms with E-state index in [0.717, 1.165) is 5.56 Å². The molecule has 1 heterocycles. The van der Waals surface area contributed by atoms with Gasteiger partial charge in [-0.15, -0.1) is 11.3 Å². The molecule has 2 aromatic rings. The fraction of sp³-hybridized carbons (Fsp3) is 0.167. The van der Waals surface area contributed by atoms with Gasteiger partial charge in [-0.1, -0.05) is 6.07 Å². The van der Waals surface area contributed by atoms with Gasteiger partial charge < -0.3 is 16.2 Å². The van der Waals surface area contributed by atoms with E-state index in [1.807, 2.05) is 6.92 Å². The number of aromatic nitrogens is 1. The lowest BCUT2D eigenvalue weighted by Gasteiger charge is -2.06. The van der Waals surface area contributed by atoms with Crippen LogP contribution in [0.1, 0.15) is 17.3 Å². The normalized spacial score (nSPS) is 12.2. The van der Waals surface area contributed by atoms with E-state index in [1.54, 1.807) is 11.4 Å². The van der Waals surface area contributed by atoms with Crippen molar-refractivity contribution >= 4 is 28.1 Å². The molecule has 0 fully saturated rings. The summed E-state index contributed by atoms with van der Waals surface area (Å²) in [5, 5.41) is 13.8. The third kappa shape index (κ3) is 3.07. The van der Waals surface area contributed by atoms with Crippen molar-refractivity contribution in [3.8, 4) is 0 Å². The molecule has 5 nitrogen and oxygen atoms in total. The van der Waals surface area contributed by atoms with Gasteiger partial charge >= 0.3 is 5.97 Å². The molecule has 0 amide bonds. The Kier molecular flexibility index (Phi) is 3.77. The van der Waals surface area contributed by atoms with Crippen LogP contribution < -0.4 is 11.1 Å². The molecule has 0 bridgehead atoms. The highest BCUT2D eigenvalue weighted by atomic mass is 32.1. The molecule has 0 radical (unpaired) electrons. The van der Waals surface area contributed by atoms with Crippen molar-refractivity contribution in [1.82, 2.24) is 4.98 Å². The molecule has 1 aromatic heterocycles. The van der Waals surface area contributed by atoms with Crippen LogP contribution >= 0.6 is 11.3 Å². The van der Waals surface area contributed by atoms with Gasteiger partial charge in [-0.2, -0.15) is 0 Å². The maximum Gasteiger partial charge on any atom is 0.326 e. The number of nitrogens with two attached hydrogens (primary N) is 1. The highest BCUT2D eigenvalue weighted by molar-refractivity contribution is 7.13. The first-order chi connectivity index (χ1) is 8.97. The van der Waals surface area contributed by atoms with Crippen LogP contribution in [-0.4, -0.2) is 16.1 Å². The number of thiazole rings is 1. The predicted octanol–water partition coefficient (Wildman–Crippen LogP) is 2.42. The topological polar surface area (TPSA) is 88.2 Å². The number of aliphatic carboxylic acids is 1. The van der Waals surface area contributed by atoms with Crippen molar-refractivity contribution in [1.29, 1.82) is 0 Å². The number of carboxylic acids is 1. The van der Waals surface area contributed by atoms with Crippen LogP contribution in [0.4, 0.5) is 15.2 Å². The fourth-order valence-corrected chi connectivity index (χ4v) is 2.22. The predicted molar refractivity (Wildman–Crippen MR) is 71.1 cm³/mol. The minimum atomic E-state index is -1.15. The molecule has 2 rings (SSSR count). The number of hydrogen-bond acceptors (Lipinski definition) is 5. The number of aryl methyl sites for hydroxylation is 1. The van der Waals surface area contributed by atoms with Crippen molar-refractivity contribution in [3.05, 3.63) is 40.7 Å². The first-order valence-corrected chi connectivity index (χ1v) is 6.32. The lowest BCUT2D eigenvalue weighted by Crippen LogP contribution is -2.20. The van der Waals surface area contributed by atoms with Crippen LogP contribution in [-0.2, 0) is 4.79 Å². The summed E-state index contributed by atoms with van der Waals surface area (Å²) in [6.45, 7) is 1.83. The average molecular weight is 281 g/mol. The number of carbonyl (C=O) groups is 1. The molecule has 0 aliphatic rings. The van der Waals surface area contributed by atoms with E-state index < -0.39 is 12.0 Å². The molecular formula is C12H12FN3O2S. The van der Waals surface area contributed by atoms with Gasteiger partial charge in [0.2, 0.25) is 0 Å². The second-order valence-electron chi connectivity index (χ2n) is 3.98. The molecule has 1 aromatic carbocycles. The summed E-state index contributed by atoms with van der Waals surface area (Å²) in [5.41, 5.74) is 7.18. The molecule has 4 N–H and O–H groups in total. The Bertz CT molecular complexity index is 615. The number of nitrogens with one attached hydrogen (secondary N) is 1. The largest absolute Gasteiger partial charge is 0.480 e. The molecular weight excluding hydrogens is 269 g/mol. The molecule has 19 heavy (non-hydrogen) atoms. The molecule has 1 atom stereocenters. The molecule has 0 aliphatic heterocycles. The van der Waals surface area contributed by atoms with Gasteiger partial charge in [0.1, 0.15) is 11.9 Å². The first kappa shape index (κ1) is 13.4. The van der Waals surface area contributed by atoms with Gasteiger partial charge in [0.15, 0.2) is 5.13 Å². The maximum absolute atomic E-state index is 13.1. The summed E-state index contributed by atoms with van der Waals surface area (Å²) < 4.78 is 13.1. The minimum absolute atomic E-state index is 0.272. The van der Waals surface area contributed by atoms with Crippen LogP contribution in [0.15, 0.2) is 23.6 Å². The van der Waals surface area contributed by atoms with Gasteiger partial charge in [0.25, 0.3) is 0 Å². The van der Waals surface area contributed by atoms with E-state index in [0.29, 0.717) is 10.8 Å². The van der Waals surface area contributed by atoms with E-state index in [2.05, 4.69) is 10.3 Å². The number of anilines is 2. The number of hydrogen-bond donors (Lipinski definition) is 3. The van der Waals surface area contributed by atoms with Crippen LogP contribution in [0, 0.1) is 12.7 Å². The van der Waals surface area contributed by atoms with E-state index >= 15 is 0 Å². The Morgan fingerprint density at radius 3 is 3.00 bits per heavy atom. The second kappa shape index (κ2) is 5.33. The monoisotopic (exact) mass is 281 g/mol. The lowest BCUT2D eigenvalue weighted by atomic mass is 10.2. The Balaban J connectivity index is 2.20. The highest BCUT2D eigenvalue weighted by Gasteiger charge is 2.17. The van der Waals surface area contributed by atoms with Gasteiger partial charge in [0, 0.05) is 11.1 Å². The van der Waals surface area contributed by atoms with Crippen LogP contribution in [0.2, 0.25) is 0 Å². The minimum Gasteiger partial charge on any atom is -0.480 e. The van der Waals surface area contributed by atoms with E-state index in [4.69, 9.17) is 10.8 Å². The molecule has 100 valence electrons. The Morgan fingerprint density at radius 2 is 2.32 bits per heavy atom. The van der Waals surface area contributed by atoms with E-state index in [9.17, 15) is 9.18 Å². The molecule has 0 saturated carbocycles. The van der Waals surface area contributed by atoms with E-state index in [-0.39, 0.29) is 11.5 Å². The number of halogens is 1. The highest BCUT2D eigenvalue weighted by Crippen LogP contribution is 2.25. The smallest absolute Gasteiger partial charge is 0.326 e. The summed E-state index contributed by atoms with van der Waals surface area (Å²) in [5.74, 6) is -1.49. The molecule has 1 unspecified atom stereocenters. The number of carboxylic acid groups (broad SMARTS) is 1. The van der Waals surface area contributed by atoms with Crippen molar-refractivity contribution in [3.63, 3.8) is 0 Å². The zero-order chi connectivity index (χ0) is 14.0. The Morgan fingerprint density at radius 1 is 1.58 bits per heavy atom. The maximum atomic E-state index is 13.1. The third-order valence-electron chi connectivity index (χ3n) is 2.55. The van der Waals surface area contributed by atoms with Crippen LogP contribution in [0.3, 0.4) is 0 Å². The van der Waals surface area contributed by atoms with Crippen molar-refractivity contribution in [2.24, 2.45) is 5.73 Å². The van der Waals surface area contributed by atoms with Gasteiger partial charge in [-0.3, -0.25) is 4.79 Å². The summed E-state index contributed by atoms with van der Waals surface area (Å²) in [6, 6.07) is 3.22. The molecule has 0 saturated heterocycles.